The fourth-order valence-corrected chi connectivity index (χ4v) is 2.57. The van der Waals surface area contributed by atoms with Gasteiger partial charge in [-0.2, -0.15) is 9.90 Å². The number of carbonyl (C=O) groups excluding carboxylic acids is 1. The first-order chi connectivity index (χ1) is 11.5. The van der Waals surface area contributed by atoms with Gasteiger partial charge in [0.25, 0.3) is 5.91 Å². The van der Waals surface area contributed by atoms with E-state index in [0.29, 0.717) is 23.7 Å². The van der Waals surface area contributed by atoms with Crippen molar-refractivity contribution >= 4 is 11.7 Å². The lowest BCUT2D eigenvalue weighted by atomic mass is 10.0. The van der Waals surface area contributed by atoms with Crippen LogP contribution in [0.4, 0.5) is 5.82 Å². The molecule has 0 radical (unpaired) electrons. The molecular formula is C17H24N4O3. The Hall–Kier alpha value is -2.44. The van der Waals surface area contributed by atoms with Gasteiger partial charge in [0.2, 0.25) is 0 Å². The molecule has 24 heavy (non-hydrogen) atoms. The van der Waals surface area contributed by atoms with Crippen LogP contribution in [0.1, 0.15) is 67.6 Å². The number of hydrogen-bond acceptors (Lipinski definition) is 5. The molecule has 1 unspecified atom stereocenters. The summed E-state index contributed by atoms with van der Waals surface area (Å²) in [5, 5.41) is 10.8. The predicted molar refractivity (Wildman–Crippen MR) is 91.3 cm³/mol. The average molecular weight is 332 g/mol. The maximum atomic E-state index is 12.4. The number of hydrogen-bond donors (Lipinski definition) is 1. The van der Waals surface area contributed by atoms with Gasteiger partial charge in [0.15, 0.2) is 5.82 Å². The van der Waals surface area contributed by atoms with Crippen molar-refractivity contribution in [1.29, 1.82) is 0 Å². The highest BCUT2D eigenvalue weighted by atomic mass is 16.4. The van der Waals surface area contributed by atoms with E-state index in [1.54, 1.807) is 13.0 Å². The largest absolute Gasteiger partial charge is 0.427 e. The van der Waals surface area contributed by atoms with E-state index in [9.17, 15) is 9.59 Å². The highest BCUT2D eigenvalue weighted by molar-refractivity contribution is 6.04. The Morgan fingerprint density at radius 3 is 2.75 bits per heavy atom. The van der Waals surface area contributed by atoms with Crippen molar-refractivity contribution in [3.8, 4) is 0 Å². The Balaban J connectivity index is 2.21. The van der Waals surface area contributed by atoms with Crippen LogP contribution in [-0.2, 0) is 6.54 Å². The van der Waals surface area contributed by atoms with Crippen molar-refractivity contribution in [3.63, 3.8) is 0 Å². The molecule has 130 valence electrons. The minimum Gasteiger partial charge on any atom is -0.427 e. The third-order valence-corrected chi connectivity index (χ3v) is 3.80. The molecule has 2 aromatic rings. The lowest BCUT2D eigenvalue weighted by Gasteiger charge is -2.11. The van der Waals surface area contributed by atoms with Crippen molar-refractivity contribution in [3.05, 3.63) is 39.6 Å². The molecule has 0 spiro atoms. The Labute approximate surface area is 141 Å². The van der Waals surface area contributed by atoms with Crippen molar-refractivity contribution in [2.75, 3.05) is 5.32 Å². The smallest absolute Gasteiger partial charge is 0.349 e. The quantitative estimate of drug-likeness (QED) is 0.841. The minimum atomic E-state index is -0.619. The molecule has 0 aliphatic carbocycles. The number of nitrogens with one attached hydrogen (secondary N) is 1. The SMILES string of the molecule is CCCC(C)c1cc(C)c(C(=O)Nc2cnn(CCC)n2)c(=O)o1. The fourth-order valence-electron chi connectivity index (χ4n) is 2.57. The first kappa shape index (κ1) is 17.9. The molecule has 0 saturated carbocycles. The molecule has 0 fully saturated rings. The number of anilines is 1. The summed E-state index contributed by atoms with van der Waals surface area (Å²) in [4.78, 5) is 26.1. The van der Waals surface area contributed by atoms with Crippen molar-refractivity contribution < 1.29 is 9.21 Å². The van der Waals surface area contributed by atoms with E-state index in [2.05, 4.69) is 22.4 Å². The molecule has 1 atom stereocenters. The van der Waals surface area contributed by atoms with Crippen molar-refractivity contribution in [2.45, 2.75) is 59.4 Å². The van der Waals surface area contributed by atoms with E-state index in [1.807, 2.05) is 13.8 Å². The van der Waals surface area contributed by atoms with E-state index < -0.39 is 11.5 Å². The maximum absolute atomic E-state index is 12.4. The predicted octanol–water partition coefficient (Wildman–Crippen LogP) is 3.11. The number of rotatable bonds is 7. The number of amides is 1. The van der Waals surface area contributed by atoms with Gasteiger partial charge in [-0.3, -0.25) is 4.79 Å². The second-order valence-electron chi connectivity index (χ2n) is 5.96. The molecule has 2 aromatic heterocycles. The zero-order valence-electron chi connectivity index (χ0n) is 14.6. The molecule has 1 amide bonds. The van der Waals surface area contributed by atoms with Crippen molar-refractivity contribution in [1.82, 2.24) is 15.0 Å². The van der Waals surface area contributed by atoms with Gasteiger partial charge in [-0.25, -0.2) is 4.79 Å². The molecule has 2 heterocycles. The summed E-state index contributed by atoms with van der Waals surface area (Å²) >= 11 is 0. The van der Waals surface area contributed by atoms with Gasteiger partial charge in [-0.05, 0) is 31.4 Å². The zero-order valence-corrected chi connectivity index (χ0v) is 14.6. The van der Waals surface area contributed by atoms with Crippen LogP contribution in [0, 0.1) is 6.92 Å². The van der Waals surface area contributed by atoms with Gasteiger partial charge in [0.1, 0.15) is 11.3 Å². The van der Waals surface area contributed by atoms with Crippen LogP contribution in [0.3, 0.4) is 0 Å². The van der Waals surface area contributed by atoms with Crippen LogP contribution in [-0.4, -0.2) is 20.9 Å². The van der Waals surface area contributed by atoms with Crippen LogP contribution < -0.4 is 10.9 Å². The first-order valence-electron chi connectivity index (χ1n) is 8.32. The summed E-state index contributed by atoms with van der Waals surface area (Å²) in [7, 11) is 0. The summed E-state index contributed by atoms with van der Waals surface area (Å²) in [6, 6.07) is 1.77. The Kier molecular flexibility index (Phi) is 5.89. The minimum absolute atomic E-state index is 0.00694. The molecule has 0 aliphatic rings. The molecule has 1 N–H and O–H groups in total. The Bertz CT molecular complexity index is 763. The molecule has 0 bridgehead atoms. The van der Waals surface area contributed by atoms with Gasteiger partial charge in [-0.15, -0.1) is 5.10 Å². The van der Waals surface area contributed by atoms with Crippen LogP contribution in [0.5, 0.6) is 0 Å². The summed E-state index contributed by atoms with van der Waals surface area (Å²) in [6.45, 7) is 8.50. The summed E-state index contributed by atoms with van der Waals surface area (Å²) in [5.74, 6) is 0.549. The Morgan fingerprint density at radius 2 is 2.12 bits per heavy atom. The van der Waals surface area contributed by atoms with Crippen molar-refractivity contribution in [2.24, 2.45) is 0 Å². The maximum Gasteiger partial charge on any atom is 0.349 e. The van der Waals surface area contributed by atoms with Gasteiger partial charge in [-0.1, -0.05) is 27.2 Å². The third kappa shape index (κ3) is 4.10. The topological polar surface area (TPSA) is 90.0 Å². The third-order valence-electron chi connectivity index (χ3n) is 3.80. The number of aryl methyl sites for hydroxylation is 2. The van der Waals surface area contributed by atoms with E-state index in [4.69, 9.17) is 4.42 Å². The molecular weight excluding hydrogens is 308 g/mol. The molecule has 2 rings (SSSR count). The standard InChI is InChI=1S/C17H24N4O3/c1-5-7-11(3)13-9-12(4)15(17(23)24-13)16(22)19-14-10-18-21(20-14)8-6-2/h9-11H,5-8H2,1-4H3,(H,19,20,22). The lowest BCUT2D eigenvalue weighted by Crippen LogP contribution is -2.23. The Morgan fingerprint density at radius 1 is 1.38 bits per heavy atom. The second kappa shape index (κ2) is 7.90. The molecule has 7 heteroatoms. The monoisotopic (exact) mass is 332 g/mol. The van der Waals surface area contributed by atoms with Crippen LogP contribution in [0.25, 0.3) is 0 Å². The fraction of sp³-hybridized carbons (Fsp3) is 0.529. The summed E-state index contributed by atoms with van der Waals surface area (Å²) in [6.07, 6.45) is 4.28. The zero-order chi connectivity index (χ0) is 17.7. The molecule has 7 nitrogen and oxygen atoms in total. The summed E-state index contributed by atoms with van der Waals surface area (Å²) < 4.78 is 5.35. The molecule has 0 aromatic carbocycles. The van der Waals surface area contributed by atoms with Crippen LogP contribution in [0.15, 0.2) is 21.5 Å². The van der Waals surface area contributed by atoms with Gasteiger partial charge >= 0.3 is 5.63 Å². The number of aromatic nitrogens is 3. The van der Waals surface area contributed by atoms with E-state index >= 15 is 0 Å². The lowest BCUT2D eigenvalue weighted by molar-refractivity contribution is 0.102. The van der Waals surface area contributed by atoms with Crippen LogP contribution >= 0.6 is 0 Å². The van der Waals surface area contributed by atoms with E-state index in [1.165, 1.54) is 11.0 Å². The average Bonchev–Trinajstić information content (AvgIpc) is 2.94. The first-order valence-corrected chi connectivity index (χ1v) is 8.32. The number of nitrogens with zero attached hydrogens (tertiary/aromatic N) is 3. The van der Waals surface area contributed by atoms with Gasteiger partial charge in [0, 0.05) is 5.92 Å². The van der Waals surface area contributed by atoms with Gasteiger partial charge in [0.05, 0.1) is 12.7 Å². The van der Waals surface area contributed by atoms with E-state index in [0.717, 1.165) is 19.3 Å². The molecule has 0 saturated heterocycles. The second-order valence-corrected chi connectivity index (χ2v) is 5.96. The van der Waals surface area contributed by atoms with Crippen LogP contribution in [0.2, 0.25) is 0 Å². The molecule has 0 aliphatic heterocycles. The highest BCUT2D eigenvalue weighted by Gasteiger charge is 2.19. The number of carbonyl (C=O) groups is 1. The normalized spacial score (nSPS) is 12.2. The summed E-state index contributed by atoms with van der Waals surface area (Å²) in [5.41, 5.74) is -0.0125. The van der Waals surface area contributed by atoms with Gasteiger partial charge < -0.3 is 9.73 Å². The highest BCUT2D eigenvalue weighted by Crippen LogP contribution is 2.21. The van der Waals surface area contributed by atoms with E-state index in [-0.39, 0.29) is 11.5 Å².